The summed E-state index contributed by atoms with van der Waals surface area (Å²) >= 11 is 4.72. The highest BCUT2D eigenvalue weighted by molar-refractivity contribution is 9.10. The molecule has 20 heavy (non-hydrogen) atoms. The van der Waals surface area contributed by atoms with Crippen LogP contribution in [0.1, 0.15) is 5.56 Å². The average molecular weight is 355 g/mol. The van der Waals surface area contributed by atoms with Gasteiger partial charge in [0.2, 0.25) is 0 Å². The topological polar surface area (TPSA) is 59.1 Å². The van der Waals surface area contributed by atoms with Gasteiger partial charge in [0.1, 0.15) is 11.6 Å². The van der Waals surface area contributed by atoms with Gasteiger partial charge in [0.15, 0.2) is 11.6 Å². The third kappa shape index (κ3) is 3.13. The third-order valence-electron chi connectivity index (χ3n) is 2.59. The predicted molar refractivity (Wildman–Crippen MR) is 83.4 cm³/mol. The molecule has 104 valence electrons. The van der Waals surface area contributed by atoms with Crippen LogP contribution >= 0.6 is 27.7 Å². The van der Waals surface area contributed by atoms with Gasteiger partial charge in [0.05, 0.1) is 5.56 Å². The highest BCUT2D eigenvalue weighted by Crippen LogP contribution is 2.33. The molecule has 3 nitrogen and oxygen atoms in total. The minimum Gasteiger partial charge on any atom is -0.453 e. The molecule has 0 fully saturated rings. The van der Waals surface area contributed by atoms with Gasteiger partial charge in [0, 0.05) is 9.37 Å². The van der Waals surface area contributed by atoms with Crippen molar-refractivity contribution in [3.63, 3.8) is 0 Å². The van der Waals surface area contributed by atoms with Crippen LogP contribution in [0.5, 0.6) is 11.5 Å². The normalized spacial score (nSPS) is 10.3. The molecule has 3 N–H and O–H groups in total. The van der Waals surface area contributed by atoms with Gasteiger partial charge in [-0.05, 0) is 36.6 Å². The van der Waals surface area contributed by atoms with Crippen LogP contribution in [0, 0.1) is 11.2 Å². The maximum atomic E-state index is 13.7. The van der Waals surface area contributed by atoms with E-state index in [1.165, 1.54) is 23.9 Å². The van der Waals surface area contributed by atoms with Crippen molar-refractivity contribution in [3.05, 3.63) is 52.3 Å². The number of nitrogens with one attached hydrogen (secondary N) is 1. The Morgan fingerprint density at radius 1 is 1.30 bits per heavy atom. The Morgan fingerprint density at radius 2 is 2.05 bits per heavy atom. The van der Waals surface area contributed by atoms with Crippen LogP contribution in [-0.2, 0) is 0 Å². The van der Waals surface area contributed by atoms with Crippen molar-refractivity contribution in [1.82, 2.24) is 0 Å². The number of amidine groups is 1. The van der Waals surface area contributed by atoms with E-state index in [-0.39, 0.29) is 11.6 Å². The molecule has 0 aliphatic heterocycles. The number of ether oxygens (including phenoxy) is 1. The fraction of sp³-hybridized carbons (Fsp3) is 0.0714. The molecule has 0 spiro atoms. The van der Waals surface area contributed by atoms with Gasteiger partial charge in [-0.3, -0.25) is 5.41 Å². The van der Waals surface area contributed by atoms with Crippen molar-refractivity contribution >= 4 is 33.5 Å². The second kappa shape index (κ2) is 6.28. The molecule has 0 aliphatic carbocycles. The number of hydrogen-bond donors (Lipinski definition) is 2. The second-order valence-corrected chi connectivity index (χ2v) is 5.69. The molecule has 2 rings (SSSR count). The van der Waals surface area contributed by atoms with Crippen LogP contribution < -0.4 is 10.5 Å². The molecule has 6 heteroatoms. The van der Waals surface area contributed by atoms with Gasteiger partial charge in [-0.15, -0.1) is 11.8 Å². The first-order valence-electron chi connectivity index (χ1n) is 5.67. The Kier molecular flexibility index (Phi) is 4.67. The fourth-order valence-corrected chi connectivity index (χ4v) is 2.67. The molecule has 0 bridgehead atoms. The zero-order chi connectivity index (χ0) is 14.7. The molecule has 2 aromatic carbocycles. The largest absolute Gasteiger partial charge is 0.453 e. The lowest BCUT2D eigenvalue weighted by Crippen LogP contribution is -2.13. The van der Waals surface area contributed by atoms with Crippen molar-refractivity contribution in [1.29, 1.82) is 5.41 Å². The lowest BCUT2D eigenvalue weighted by Gasteiger charge is -2.13. The molecular weight excluding hydrogens is 343 g/mol. The summed E-state index contributed by atoms with van der Waals surface area (Å²) < 4.78 is 20.0. The minimum absolute atomic E-state index is 0.0835. The van der Waals surface area contributed by atoms with Gasteiger partial charge < -0.3 is 10.5 Å². The summed E-state index contributed by atoms with van der Waals surface area (Å²) in [5.74, 6) is -0.140. The number of halogens is 2. The average Bonchev–Trinajstić information content (AvgIpc) is 2.42. The lowest BCUT2D eigenvalue weighted by atomic mass is 10.2. The molecule has 2 aromatic rings. The quantitative estimate of drug-likeness (QED) is 0.486. The number of benzene rings is 2. The highest BCUT2D eigenvalue weighted by Gasteiger charge is 2.14. The SMILES string of the molecule is CSc1cccc(Oc2cc(Br)ccc2F)c1C(=N)N. The highest BCUT2D eigenvalue weighted by atomic mass is 79.9. The summed E-state index contributed by atoms with van der Waals surface area (Å²) in [6, 6.07) is 9.72. The van der Waals surface area contributed by atoms with E-state index in [9.17, 15) is 4.39 Å². The molecule has 0 saturated heterocycles. The Bertz CT molecular complexity index is 664. The van der Waals surface area contributed by atoms with Gasteiger partial charge in [-0.1, -0.05) is 22.0 Å². The zero-order valence-corrected chi connectivity index (χ0v) is 13.0. The smallest absolute Gasteiger partial charge is 0.165 e. The zero-order valence-electron chi connectivity index (χ0n) is 10.6. The van der Waals surface area contributed by atoms with Crippen molar-refractivity contribution < 1.29 is 9.13 Å². The van der Waals surface area contributed by atoms with Crippen LogP contribution in [0.25, 0.3) is 0 Å². The number of hydrogen-bond acceptors (Lipinski definition) is 3. The first kappa shape index (κ1) is 14.9. The summed E-state index contributed by atoms with van der Waals surface area (Å²) in [4.78, 5) is 0.811. The van der Waals surface area contributed by atoms with E-state index in [0.717, 1.165) is 4.90 Å². The maximum Gasteiger partial charge on any atom is 0.165 e. The van der Waals surface area contributed by atoms with Crippen LogP contribution in [0.2, 0.25) is 0 Å². The molecule has 0 atom stereocenters. The molecule has 0 aliphatic rings. The summed E-state index contributed by atoms with van der Waals surface area (Å²) in [7, 11) is 0. The number of rotatable bonds is 4. The van der Waals surface area contributed by atoms with Gasteiger partial charge in [-0.25, -0.2) is 4.39 Å². The summed E-state index contributed by atoms with van der Waals surface area (Å²) in [5.41, 5.74) is 6.07. The number of nitrogen functional groups attached to an aromatic ring is 1. The van der Waals surface area contributed by atoms with E-state index < -0.39 is 5.82 Å². The van der Waals surface area contributed by atoms with Crippen molar-refractivity contribution in [2.24, 2.45) is 5.73 Å². The standard InChI is InChI=1S/C14H12BrFN2OS/c1-20-12-4-2-3-10(13(12)14(17)18)19-11-7-8(15)5-6-9(11)16/h2-7H,1H3,(H3,17,18). The van der Waals surface area contributed by atoms with Gasteiger partial charge in [-0.2, -0.15) is 0 Å². The minimum atomic E-state index is -0.475. The van der Waals surface area contributed by atoms with Crippen molar-refractivity contribution in [3.8, 4) is 11.5 Å². The molecule has 0 unspecified atom stereocenters. The first-order valence-corrected chi connectivity index (χ1v) is 7.69. The Morgan fingerprint density at radius 3 is 2.70 bits per heavy atom. The molecule has 0 radical (unpaired) electrons. The van der Waals surface area contributed by atoms with Crippen LogP contribution in [0.15, 0.2) is 45.8 Å². The summed E-state index contributed by atoms with van der Waals surface area (Å²) in [6.07, 6.45) is 1.88. The van der Waals surface area contributed by atoms with E-state index in [2.05, 4.69) is 15.9 Å². The van der Waals surface area contributed by atoms with Crippen LogP contribution in [-0.4, -0.2) is 12.1 Å². The van der Waals surface area contributed by atoms with Crippen molar-refractivity contribution in [2.75, 3.05) is 6.26 Å². The van der Waals surface area contributed by atoms with E-state index in [0.29, 0.717) is 15.8 Å². The third-order valence-corrected chi connectivity index (χ3v) is 3.86. The monoisotopic (exact) mass is 354 g/mol. The van der Waals surface area contributed by atoms with E-state index in [1.54, 1.807) is 18.2 Å². The molecule has 0 aromatic heterocycles. The lowest BCUT2D eigenvalue weighted by molar-refractivity contribution is 0.440. The Labute approximate surface area is 129 Å². The van der Waals surface area contributed by atoms with Crippen molar-refractivity contribution in [2.45, 2.75) is 4.90 Å². The molecule has 0 saturated carbocycles. The van der Waals surface area contributed by atoms with E-state index >= 15 is 0 Å². The summed E-state index contributed by atoms with van der Waals surface area (Å²) in [6.45, 7) is 0. The van der Waals surface area contributed by atoms with Gasteiger partial charge in [0.25, 0.3) is 0 Å². The predicted octanol–water partition coefficient (Wildman–Crippen LogP) is 4.39. The second-order valence-electron chi connectivity index (χ2n) is 3.92. The fourth-order valence-electron chi connectivity index (χ4n) is 1.71. The summed E-state index contributed by atoms with van der Waals surface area (Å²) in [5, 5.41) is 7.66. The Hall–Kier alpha value is -1.53. The van der Waals surface area contributed by atoms with Gasteiger partial charge >= 0.3 is 0 Å². The number of thioether (sulfide) groups is 1. The number of nitrogens with two attached hydrogens (primary N) is 1. The maximum absolute atomic E-state index is 13.7. The molecule has 0 amide bonds. The van der Waals surface area contributed by atoms with Crippen LogP contribution in [0.3, 0.4) is 0 Å². The van der Waals surface area contributed by atoms with E-state index in [1.807, 2.05) is 12.3 Å². The van der Waals surface area contributed by atoms with Crippen LogP contribution in [0.4, 0.5) is 4.39 Å². The van der Waals surface area contributed by atoms with E-state index in [4.69, 9.17) is 15.9 Å². The Balaban J connectivity index is 2.48. The first-order chi connectivity index (χ1) is 9.52. The molecule has 0 heterocycles. The molecular formula is C14H12BrFN2OS.